The molecule has 0 aromatic heterocycles. The largest absolute Gasteiger partial charge is 1.00 e. The molecular formula is C5H9NaO3. The van der Waals surface area contributed by atoms with E-state index >= 15 is 0 Å². The summed E-state index contributed by atoms with van der Waals surface area (Å²) in [6, 6.07) is 0. The number of carboxylic acids is 1. The molecule has 9 heavy (non-hydrogen) atoms. The smallest absolute Gasteiger partial charge is 0.548 e. The standard InChI is InChI=1S/C3H6.C2H4O3.Na/c1-3-2;3-1-2(4)5;/h3H,1H2,2H3;3H,1H2,(H,4,5);/q;;+1/p-1. The van der Waals surface area contributed by atoms with Gasteiger partial charge in [-0.2, -0.15) is 0 Å². The number of hydrogen-bond acceptors (Lipinski definition) is 3. The third-order valence-corrected chi connectivity index (χ3v) is 0.129. The summed E-state index contributed by atoms with van der Waals surface area (Å²) in [5, 5.41) is 16.5. The fraction of sp³-hybridized carbons (Fsp3) is 0.400. The van der Waals surface area contributed by atoms with E-state index in [4.69, 9.17) is 15.0 Å². The topological polar surface area (TPSA) is 60.4 Å². The van der Waals surface area contributed by atoms with Crippen LogP contribution in [0.15, 0.2) is 12.7 Å². The van der Waals surface area contributed by atoms with Crippen LogP contribution < -0.4 is 34.7 Å². The van der Waals surface area contributed by atoms with Gasteiger partial charge in [-0.3, -0.25) is 0 Å². The number of aliphatic hydroxyl groups is 1. The minimum atomic E-state index is -1.44. The van der Waals surface area contributed by atoms with Crippen molar-refractivity contribution in [1.29, 1.82) is 0 Å². The molecule has 0 bridgehead atoms. The van der Waals surface area contributed by atoms with Crippen LogP contribution in [0, 0.1) is 0 Å². The van der Waals surface area contributed by atoms with Crippen LogP contribution in [0.1, 0.15) is 6.92 Å². The first-order chi connectivity index (χ1) is 3.68. The van der Waals surface area contributed by atoms with Crippen molar-refractivity contribution < 1.29 is 44.6 Å². The Labute approximate surface area is 76.7 Å². The van der Waals surface area contributed by atoms with Crippen LogP contribution in [0.5, 0.6) is 0 Å². The van der Waals surface area contributed by atoms with Crippen LogP contribution in [-0.2, 0) is 4.79 Å². The molecule has 3 nitrogen and oxygen atoms in total. The van der Waals surface area contributed by atoms with E-state index in [2.05, 4.69) is 6.58 Å². The molecule has 1 N–H and O–H groups in total. The first kappa shape index (κ1) is 16.1. The Morgan fingerprint density at radius 2 is 2.00 bits per heavy atom. The predicted octanol–water partition coefficient (Wildman–Crippen LogP) is -4.08. The molecule has 0 saturated heterocycles. The maximum absolute atomic E-state index is 9.01. The summed E-state index contributed by atoms with van der Waals surface area (Å²) in [7, 11) is 0. The molecule has 0 radical (unpaired) electrons. The van der Waals surface area contributed by atoms with Crippen LogP contribution in [0.3, 0.4) is 0 Å². The first-order valence-electron chi connectivity index (χ1n) is 2.06. The van der Waals surface area contributed by atoms with Gasteiger partial charge in [-0.15, -0.1) is 6.58 Å². The molecule has 0 saturated carbocycles. The Morgan fingerprint density at radius 1 is 1.89 bits per heavy atom. The fourth-order valence-corrected chi connectivity index (χ4v) is 0. The van der Waals surface area contributed by atoms with Crippen LogP contribution >= 0.6 is 0 Å². The molecule has 0 aromatic rings. The molecule has 48 valence electrons. The number of rotatable bonds is 1. The molecule has 0 aliphatic heterocycles. The van der Waals surface area contributed by atoms with E-state index in [1.54, 1.807) is 6.08 Å². The van der Waals surface area contributed by atoms with Gasteiger partial charge in [0.05, 0.1) is 12.6 Å². The normalized spacial score (nSPS) is 5.56. The quantitative estimate of drug-likeness (QED) is 0.297. The Kier molecular flexibility index (Phi) is 28.1. The van der Waals surface area contributed by atoms with Crippen molar-refractivity contribution in [3.8, 4) is 0 Å². The van der Waals surface area contributed by atoms with Crippen LogP contribution in [0.2, 0.25) is 0 Å². The summed E-state index contributed by atoms with van der Waals surface area (Å²) >= 11 is 0. The zero-order chi connectivity index (χ0) is 6.99. The number of carboxylic acid groups (broad SMARTS) is 1. The molecule has 0 aliphatic rings. The van der Waals surface area contributed by atoms with Crippen molar-refractivity contribution in [3.63, 3.8) is 0 Å². The zero-order valence-electron chi connectivity index (χ0n) is 5.76. The monoisotopic (exact) mass is 140 g/mol. The predicted molar refractivity (Wildman–Crippen MR) is 28.0 cm³/mol. The van der Waals surface area contributed by atoms with Crippen molar-refractivity contribution in [3.05, 3.63) is 12.7 Å². The molecule has 0 aromatic carbocycles. The number of aliphatic hydroxyl groups excluding tert-OH is 1. The van der Waals surface area contributed by atoms with Crippen molar-refractivity contribution in [2.45, 2.75) is 6.92 Å². The minimum absolute atomic E-state index is 0. The number of carbonyl (C=O) groups is 1. The van der Waals surface area contributed by atoms with Gasteiger partial charge in [0.1, 0.15) is 0 Å². The summed E-state index contributed by atoms with van der Waals surface area (Å²) in [6.45, 7) is 4.36. The Bertz CT molecular complexity index is 72.6. The average Bonchev–Trinajstić information content (AvgIpc) is 1.69. The molecule has 0 rings (SSSR count). The molecule has 0 spiro atoms. The number of aliphatic carboxylic acids is 1. The average molecular weight is 140 g/mol. The molecule has 0 aliphatic carbocycles. The summed E-state index contributed by atoms with van der Waals surface area (Å²) < 4.78 is 0. The molecule has 0 amide bonds. The summed E-state index contributed by atoms with van der Waals surface area (Å²) in [4.78, 5) is 9.01. The van der Waals surface area contributed by atoms with Gasteiger partial charge in [0.2, 0.25) is 0 Å². The molecule has 0 heterocycles. The Balaban J connectivity index is -0.0000000800. The van der Waals surface area contributed by atoms with Crippen molar-refractivity contribution in [2.75, 3.05) is 6.61 Å². The summed E-state index contributed by atoms with van der Waals surface area (Å²) in [5.74, 6) is -1.44. The van der Waals surface area contributed by atoms with E-state index in [1.165, 1.54) is 0 Å². The second kappa shape index (κ2) is 15.7. The summed E-state index contributed by atoms with van der Waals surface area (Å²) in [5.41, 5.74) is 0. The molecule has 0 unspecified atom stereocenters. The van der Waals surface area contributed by atoms with E-state index in [-0.39, 0.29) is 29.6 Å². The SMILES string of the molecule is C=CC.O=C([O-])CO.[Na+]. The van der Waals surface area contributed by atoms with Gasteiger partial charge in [-0.1, -0.05) is 6.08 Å². The fourth-order valence-electron chi connectivity index (χ4n) is 0. The third kappa shape index (κ3) is 66.1. The van der Waals surface area contributed by atoms with Gasteiger partial charge in [-0.05, 0) is 6.92 Å². The third-order valence-electron chi connectivity index (χ3n) is 0.129. The van der Waals surface area contributed by atoms with Crippen LogP contribution in [0.4, 0.5) is 0 Å². The molecule has 0 fully saturated rings. The van der Waals surface area contributed by atoms with Gasteiger partial charge in [0.25, 0.3) is 0 Å². The van der Waals surface area contributed by atoms with Crippen LogP contribution in [-0.4, -0.2) is 17.7 Å². The maximum atomic E-state index is 9.01. The Morgan fingerprint density at radius 3 is 2.00 bits per heavy atom. The van der Waals surface area contributed by atoms with Crippen molar-refractivity contribution in [2.24, 2.45) is 0 Å². The van der Waals surface area contributed by atoms with Crippen molar-refractivity contribution >= 4 is 5.97 Å². The van der Waals surface area contributed by atoms with Gasteiger partial charge >= 0.3 is 29.6 Å². The van der Waals surface area contributed by atoms with Gasteiger partial charge in [0.15, 0.2) is 0 Å². The van der Waals surface area contributed by atoms with Gasteiger partial charge in [-0.25, -0.2) is 0 Å². The van der Waals surface area contributed by atoms with Gasteiger partial charge in [0, 0.05) is 0 Å². The second-order valence-electron chi connectivity index (χ2n) is 0.938. The van der Waals surface area contributed by atoms with Gasteiger partial charge < -0.3 is 15.0 Å². The van der Waals surface area contributed by atoms with Crippen LogP contribution in [0.25, 0.3) is 0 Å². The van der Waals surface area contributed by atoms with E-state index in [0.717, 1.165) is 0 Å². The minimum Gasteiger partial charge on any atom is -0.548 e. The molecular weight excluding hydrogens is 131 g/mol. The number of carbonyl (C=O) groups excluding carboxylic acids is 1. The van der Waals surface area contributed by atoms with Crippen molar-refractivity contribution in [1.82, 2.24) is 0 Å². The van der Waals surface area contributed by atoms with E-state index in [0.29, 0.717) is 0 Å². The zero-order valence-corrected chi connectivity index (χ0v) is 7.76. The first-order valence-corrected chi connectivity index (χ1v) is 2.06. The maximum Gasteiger partial charge on any atom is 1.00 e. The van der Waals surface area contributed by atoms with E-state index in [1.807, 2.05) is 6.92 Å². The number of hydrogen-bond donors (Lipinski definition) is 1. The van der Waals surface area contributed by atoms with E-state index in [9.17, 15) is 0 Å². The second-order valence-corrected chi connectivity index (χ2v) is 0.938. The molecule has 4 heteroatoms. The summed E-state index contributed by atoms with van der Waals surface area (Å²) in [6.07, 6.45) is 1.75. The number of allylic oxidation sites excluding steroid dienone is 1. The molecule has 0 atom stereocenters. The van der Waals surface area contributed by atoms with E-state index < -0.39 is 12.6 Å². The Hall–Kier alpha value is 0.170.